The number of likely N-dealkylation sites (N-methyl/N-ethyl adjacent to an activating group) is 1. The highest BCUT2D eigenvalue weighted by atomic mass is 16.5. The molecule has 3 rings (SSSR count). The van der Waals surface area contributed by atoms with Gasteiger partial charge in [-0.1, -0.05) is 12.1 Å². The van der Waals surface area contributed by atoms with E-state index in [0.717, 1.165) is 38.2 Å². The summed E-state index contributed by atoms with van der Waals surface area (Å²) in [5.74, 6) is 0.298. The Balaban J connectivity index is 1.93. The summed E-state index contributed by atoms with van der Waals surface area (Å²) in [5.41, 5.74) is 1.86. The van der Waals surface area contributed by atoms with Crippen molar-refractivity contribution in [1.82, 2.24) is 20.4 Å². The third-order valence-corrected chi connectivity index (χ3v) is 5.29. The Morgan fingerprint density at radius 2 is 1.93 bits per heavy atom. The highest BCUT2D eigenvalue weighted by Gasteiger charge is 2.34. The van der Waals surface area contributed by atoms with Gasteiger partial charge in [-0.25, -0.2) is 9.59 Å². The number of hydrogen-bond acceptors (Lipinski definition) is 6. The molecule has 2 aliphatic rings. The molecule has 158 valence electrons. The van der Waals surface area contributed by atoms with Crippen molar-refractivity contribution in [3.05, 3.63) is 41.1 Å². The summed E-state index contributed by atoms with van der Waals surface area (Å²) in [6, 6.07) is 6.45. The van der Waals surface area contributed by atoms with Crippen LogP contribution in [0.3, 0.4) is 0 Å². The zero-order chi connectivity index (χ0) is 20.8. The molecule has 0 spiro atoms. The first-order valence-corrected chi connectivity index (χ1v) is 10.0. The van der Waals surface area contributed by atoms with Crippen molar-refractivity contribution < 1.29 is 19.1 Å². The third-order valence-electron chi connectivity index (χ3n) is 5.29. The van der Waals surface area contributed by atoms with E-state index in [2.05, 4.69) is 27.5 Å². The van der Waals surface area contributed by atoms with Crippen LogP contribution < -0.4 is 15.4 Å². The first-order chi connectivity index (χ1) is 14.0. The van der Waals surface area contributed by atoms with E-state index in [0.29, 0.717) is 23.6 Å². The normalized spacial score (nSPS) is 21.2. The Morgan fingerprint density at radius 1 is 1.17 bits per heavy atom. The topological polar surface area (TPSA) is 83.1 Å². The lowest BCUT2D eigenvalue weighted by atomic mass is 9.95. The molecule has 1 saturated heterocycles. The molecule has 0 unspecified atom stereocenters. The molecule has 0 bridgehead atoms. The molecule has 0 aliphatic carbocycles. The van der Waals surface area contributed by atoms with Crippen LogP contribution in [0.15, 0.2) is 35.5 Å². The van der Waals surface area contributed by atoms with E-state index < -0.39 is 12.0 Å². The SMILES string of the molecule is CCOC(=O)C1=C(CN2CCCN(C)CC2)NC(=O)N[C@@H]1c1ccc(OC)cc1. The van der Waals surface area contributed by atoms with E-state index in [-0.39, 0.29) is 12.6 Å². The average molecular weight is 402 g/mol. The van der Waals surface area contributed by atoms with Gasteiger partial charge < -0.3 is 25.0 Å². The second-order valence-electron chi connectivity index (χ2n) is 7.35. The maximum Gasteiger partial charge on any atom is 0.338 e. The number of ether oxygens (including phenoxy) is 2. The van der Waals surface area contributed by atoms with Crippen molar-refractivity contribution in [3.63, 3.8) is 0 Å². The number of methoxy groups -OCH3 is 1. The van der Waals surface area contributed by atoms with Gasteiger partial charge in [0.1, 0.15) is 5.75 Å². The molecule has 1 atom stereocenters. The summed E-state index contributed by atoms with van der Waals surface area (Å²) < 4.78 is 10.6. The number of carbonyl (C=O) groups excluding carboxylic acids is 2. The lowest BCUT2D eigenvalue weighted by molar-refractivity contribution is -0.139. The van der Waals surface area contributed by atoms with Gasteiger partial charge in [-0.05, 0) is 51.2 Å². The number of amides is 2. The Bertz CT molecular complexity index is 762. The molecule has 1 aromatic carbocycles. The average Bonchev–Trinajstić information content (AvgIpc) is 2.92. The van der Waals surface area contributed by atoms with Crippen LogP contribution in [0.2, 0.25) is 0 Å². The molecule has 2 N–H and O–H groups in total. The first kappa shape index (κ1) is 21.1. The molecule has 8 heteroatoms. The van der Waals surface area contributed by atoms with Crippen molar-refractivity contribution in [2.24, 2.45) is 0 Å². The van der Waals surface area contributed by atoms with Crippen molar-refractivity contribution in [1.29, 1.82) is 0 Å². The molecule has 0 radical (unpaired) electrons. The van der Waals surface area contributed by atoms with E-state index in [9.17, 15) is 9.59 Å². The van der Waals surface area contributed by atoms with Crippen LogP contribution in [0, 0.1) is 0 Å². The van der Waals surface area contributed by atoms with Crippen LogP contribution in [-0.2, 0) is 9.53 Å². The predicted molar refractivity (Wildman–Crippen MR) is 110 cm³/mol. The molecule has 0 saturated carbocycles. The molecule has 2 aliphatic heterocycles. The maximum atomic E-state index is 12.9. The molecular formula is C21H30N4O4. The Kier molecular flexibility index (Phi) is 7.11. The van der Waals surface area contributed by atoms with E-state index in [1.54, 1.807) is 14.0 Å². The van der Waals surface area contributed by atoms with E-state index >= 15 is 0 Å². The first-order valence-electron chi connectivity index (χ1n) is 10.0. The fourth-order valence-corrected chi connectivity index (χ4v) is 3.72. The second kappa shape index (κ2) is 9.76. The fraction of sp³-hybridized carbons (Fsp3) is 0.524. The maximum absolute atomic E-state index is 12.9. The molecule has 2 heterocycles. The number of esters is 1. The Morgan fingerprint density at radius 3 is 2.62 bits per heavy atom. The van der Waals surface area contributed by atoms with E-state index in [1.807, 2.05) is 24.3 Å². The smallest absolute Gasteiger partial charge is 0.338 e. The number of benzene rings is 1. The molecule has 29 heavy (non-hydrogen) atoms. The van der Waals surface area contributed by atoms with Crippen LogP contribution in [0.4, 0.5) is 4.79 Å². The van der Waals surface area contributed by atoms with Gasteiger partial charge in [0.15, 0.2) is 0 Å². The van der Waals surface area contributed by atoms with Crippen LogP contribution in [0.5, 0.6) is 5.75 Å². The van der Waals surface area contributed by atoms with Crippen LogP contribution in [-0.4, -0.2) is 75.3 Å². The van der Waals surface area contributed by atoms with Crippen molar-refractivity contribution in [2.45, 2.75) is 19.4 Å². The highest BCUT2D eigenvalue weighted by molar-refractivity contribution is 5.95. The highest BCUT2D eigenvalue weighted by Crippen LogP contribution is 2.29. The predicted octanol–water partition coefficient (Wildman–Crippen LogP) is 1.50. The molecule has 8 nitrogen and oxygen atoms in total. The van der Waals surface area contributed by atoms with Gasteiger partial charge in [0.25, 0.3) is 0 Å². The van der Waals surface area contributed by atoms with Crippen LogP contribution >= 0.6 is 0 Å². The molecule has 2 amide bonds. The van der Waals surface area contributed by atoms with Crippen molar-refractivity contribution >= 4 is 12.0 Å². The van der Waals surface area contributed by atoms with Crippen molar-refractivity contribution in [2.75, 3.05) is 53.5 Å². The Labute approximate surface area is 171 Å². The number of rotatable bonds is 6. The minimum absolute atomic E-state index is 0.271. The van der Waals surface area contributed by atoms with Crippen molar-refractivity contribution in [3.8, 4) is 5.75 Å². The van der Waals surface area contributed by atoms with E-state index in [1.165, 1.54) is 0 Å². The lowest BCUT2D eigenvalue weighted by Gasteiger charge is -2.32. The quantitative estimate of drug-likeness (QED) is 0.702. The summed E-state index contributed by atoms with van der Waals surface area (Å²) >= 11 is 0. The monoisotopic (exact) mass is 402 g/mol. The number of nitrogens with one attached hydrogen (secondary N) is 2. The van der Waals surface area contributed by atoms with Gasteiger partial charge in [0, 0.05) is 25.3 Å². The summed E-state index contributed by atoms with van der Waals surface area (Å²) in [6.07, 6.45) is 1.05. The molecular weight excluding hydrogens is 372 g/mol. The Hall–Kier alpha value is -2.58. The zero-order valence-corrected chi connectivity index (χ0v) is 17.4. The molecule has 1 fully saturated rings. The number of hydrogen-bond donors (Lipinski definition) is 2. The van der Waals surface area contributed by atoms with Gasteiger partial charge >= 0.3 is 12.0 Å². The zero-order valence-electron chi connectivity index (χ0n) is 17.4. The van der Waals surface area contributed by atoms with Gasteiger partial charge in [-0.3, -0.25) is 4.90 Å². The minimum Gasteiger partial charge on any atom is -0.497 e. The third kappa shape index (κ3) is 5.27. The summed E-state index contributed by atoms with van der Waals surface area (Å²) in [7, 11) is 3.71. The van der Waals surface area contributed by atoms with Gasteiger partial charge in [-0.15, -0.1) is 0 Å². The van der Waals surface area contributed by atoms with E-state index in [4.69, 9.17) is 9.47 Å². The minimum atomic E-state index is -0.571. The number of nitrogens with zero attached hydrogens (tertiary/aromatic N) is 2. The second-order valence-corrected chi connectivity index (χ2v) is 7.35. The number of carbonyl (C=O) groups is 2. The van der Waals surface area contributed by atoms with Crippen LogP contribution in [0.1, 0.15) is 24.9 Å². The van der Waals surface area contributed by atoms with Gasteiger partial charge in [0.05, 0.1) is 25.3 Å². The largest absolute Gasteiger partial charge is 0.497 e. The van der Waals surface area contributed by atoms with Gasteiger partial charge in [-0.2, -0.15) is 0 Å². The summed E-state index contributed by atoms with van der Waals surface area (Å²) in [6.45, 7) is 6.35. The fourth-order valence-electron chi connectivity index (χ4n) is 3.72. The van der Waals surface area contributed by atoms with Gasteiger partial charge in [0.2, 0.25) is 0 Å². The summed E-state index contributed by atoms with van der Waals surface area (Å²) in [5, 5.41) is 5.73. The molecule has 1 aromatic rings. The van der Waals surface area contributed by atoms with Crippen LogP contribution in [0.25, 0.3) is 0 Å². The standard InChI is InChI=1S/C21H30N4O4/c1-4-29-20(26)18-17(14-25-11-5-10-24(2)12-13-25)22-21(27)23-19(18)15-6-8-16(28-3)9-7-15/h6-9,19H,4-5,10-14H2,1-3H3,(H2,22,23,27)/t19-/m1/s1. The summed E-state index contributed by atoms with van der Waals surface area (Å²) in [4.78, 5) is 29.8. The molecule has 0 aromatic heterocycles. The lowest BCUT2D eigenvalue weighted by Crippen LogP contribution is -2.48. The number of urea groups is 1.